The molecule has 1 heterocycles. The Bertz CT molecular complexity index is 304. The van der Waals surface area contributed by atoms with Crippen LogP contribution in [0.25, 0.3) is 0 Å². The van der Waals surface area contributed by atoms with Gasteiger partial charge in [-0.3, -0.25) is 9.69 Å². The maximum absolute atomic E-state index is 12.1. The third-order valence-electron chi connectivity index (χ3n) is 4.50. The zero-order valence-electron chi connectivity index (χ0n) is 13.8. The Morgan fingerprint density at radius 1 is 1.23 bits per heavy atom. The van der Waals surface area contributed by atoms with Crippen molar-refractivity contribution in [1.82, 2.24) is 15.5 Å². The van der Waals surface area contributed by atoms with Gasteiger partial charge in [0.05, 0.1) is 6.10 Å². The van der Waals surface area contributed by atoms with Gasteiger partial charge in [-0.1, -0.05) is 25.7 Å². The van der Waals surface area contributed by atoms with E-state index in [0.29, 0.717) is 0 Å². The second-order valence-corrected chi connectivity index (χ2v) is 6.27. The number of nitrogens with one attached hydrogen (secondary N) is 2. The van der Waals surface area contributed by atoms with Crippen LogP contribution in [0.15, 0.2) is 0 Å². The number of ether oxygens (including phenoxy) is 1. The van der Waals surface area contributed by atoms with Gasteiger partial charge in [0.15, 0.2) is 0 Å². The van der Waals surface area contributed by atoms with Crippen molar-refractivity contribution in [2.45, 2.75) is 57.7 Å². The van der Waals surface area contributed by atoms with E-state index in [-0.39, 0.29) is 30.5 Å². The van der Waals surface area contributed by atoms with Crippen LogP contribution in [0, 0.1) is 0 Å². The lowest BCUT2D eigenvalue weighted by molar-refractivity contribution is -0.135. The highest BCUT2D eigenvalue weighted by Crippen LogP contribution is 2.20. The van der Waals surface area contributed by atoms with Crippen molar-refractivity contribution in [2.75, 3.05) is 39.3 Å². The van der Waals surface area contributed by atoms with Crippen LogP contribution in [-0.2, 0) is 9.53 Å². The van der Waals surface area contributed by atoms with Crippen LogP contribution in [0.3, 0.4) is 0 Å². The molecule has 5 nitrogen and oxygen atoms in total. The molecular formula is C16H32ClN3O2. The van der Waals surface area contributed by atoms with Gasteiger partial charge in [0.2, 0.25) is 5.91 Å². The zero-order valence-corrected chi connectivity index (χ0v) is 14.6. The fraction of sp³-hybridized carbons (Fsp3) is 0.938. The molecule has 2 rings (SSSR count). The Morgan fingerprint density at radius 3 is 2.50 bits per heavy atom. The quantitative estimate of drug-likeness (QED) is 0.724. The van der Waals surface area contributed by atoms with Crippen LogP contribution in [0.5, 0.6) is 0 Å². The topological polar surface area (TPSA) is 53.6 Å². The van der Waals surface area contributed by atoms with Crippen LogP contribution in [-0.4, -0.2) is 62.3 Å². The van der Waals surface area contributed by atoms with Crippen LogP contribution in [0.1, 0.15) is 45.4 Å². The van der Waals surface area contributed by atoms with Gasteiger partial charge in [-0.25, -0.2) is 0 Å². The summed E-state index contributed by atoms with van der Waals surface area (Å²) in [5, 5.41) is 6.34. The van der Waals surface area contributed by atoms with Crippen molar-refractivity contribution >= 4 is 18.3 Å². The molecule has 1 saturated carbocycles. The molecule has 0 aromatic heterocycles. The summed E-state index contributed by atoms with van der Waals surface area (Å²) in [4.78, 5) is 14.5. The molecule has 1 aliphatic heterocycles. The molecule has 1 unspecified atom stereocenters. The van der Waals surface area contributed by atoms with Crippen LogP contribution in [0.4, 0.5) is 0 Å². The number of halogens is 1. The van der Waals surface area contributed by atoms with E-state index in [2.05, 4.69) is 15.5 Å². The molecule has 2 aliphatic rings. The van der Waals surface area contributed by atoms with Crippen LogP contribution in [0.2, 0.25) is 0 Å². The lowest BCUT2D eigenvalue weighted by atomic mass is 10.1. The number of hydrogen-bond donors (Lipinski definition) is 2. The number of amides is 1. The maximum Gasteiger partial charge on any atom is 0.248 e. The predicted octanol–water partition coefficient (Wildman–Crippen LogP) is 1.56. The Morgan fingerprint density at radius 2 is 1.86 bits per heavy atom. The van der Waals surface area contributed by atoms with Gasteiger partial charge in [0.25, 0.3) is 0 Å². The summed E-state index contributed by atoms with van der Waals surface area (Å²) in [5.74, 6) is 0.0365. The Labute approximate surface area is 140 Å². The van der Waals surface area contributed by atoms with E-state index in [0.717, 1.165) is 52.1 Å². The van der Waals surface area contributed by atoms with E-state index in [9.17, 15) is 4.79 Å². The zero-order chi connectivity index (χ0) is 14.9. The normalized spacial score (nSPS) is 22.4. The molecule has 1 aliphatic carbocycles. The third-order valence-corrected chi connectivity index (χ3v) is 4.50. The first-order valence-corrected chi connectivity index (χ1v) is 8.62. The highest BCUT2D eigenvalue weighted by Gasteiger charge is 2.20. The van der Waals surface area contributed by atoms with Crippen molar-refractivity contribution in [3.8, 4) is 0 Å². The highest BCUT2D eigenvalue weighted by molar-refractivity contribution is 5.85. The average molecular weight is 334 g/mol. The van der Waals surface area contributed by atoms with Crippen molar-refractivity contribution < 1.29 is 9.53 Å². The number of piperazine rings is 1. The van der Waals surface area contributed by atoms with E-state index < -0.39 is 0 Å². The average Bonchev–Trinajstić information content (AvgIpc) is 2.77. The Kier molecular flexibility index (Phi) is 10.0. The summed E-state index contributed by atoms with van der Waals surface area (Å²) < 4.78 is 5.94. The van der Waals surface area contributed by atoms with Crippen molar-refractivity contribution in [2.24, 2.45) is 0 Å². The highest BCUT2D eigenvalue weighted by atomic mass is 35.5. The minimum atomic E-state index is -0.323. The van der Waals surface area contributed by atoms with E-state index in [1.54, 1.807) is 0 Å². The first-order valence-electron chi connectivity index (χ1n) is 8.62. The van der Waals surface area contributed by atoms with E-state index in [4.69, 9.17) is 4.74 Å². The fourth-order valence-corrected chi connectivity index (χ4v) is 3.14. The lowest BCUT2D eigenvalue weighted by Crippen LogP contribution is -2.47. The van der Waals surface area contributed by atoms with Gasteiger partial charge in [-0.05, 0) is 19.8 Å². The van der Waals surface area contributed by atoms with Gasteiger partial charge < -0.3 is 15.4 Å². The molecule has 22 heavy (non-hydrogen) atoms. The smallest absolute Gasteiger partial charge is 0.248 e. The van der Waals surface area contributed by atoms with Crippen molar-refractivity contribution in [1.29, 1.82) is 0 Å². The Balaban J connectivity index is 0.00000242. The molecule has 0 bridgehead atoms. The van der Waals surface area contributed by atoms with Gasteiger partial charge in [-0.2, -0.15) is 0 Å². The summed E-state index contributed by atoms with van der Waals surface area (Å²) >= 11 is 0. The molecule has 0 spiro atoms. The van der Waals surface area contributed by atoms with E-state index >= 15 is 0 Å². The summed E-state index contributed by atoms with van der Waals surface area (Å²) in [5.41, 5.74) is 0. The first kappa shape index (κ1) is 19.7. The molecule has 1 atom stereocenters. The molecule has 1 saturated heterocycles. The third kappa shape index (κ3) is 7.27. The standard InChI is InChI=1S/C16H31N3O2.ClH/c1-14(21-15-6-4-2-3-5-7-15)16(20)18-10-13-19-11-8-17-9-12-19;/h14-15,17H,2-13H2,1H3,(H,18,20);1H. The Hall–Kier alpha value is -0.360. The minimum Gasteiger partial charge on any atom is -0.365 e. The van der Waals surface area contributed by atoms with Gasteiger partial charge in [0, 0.05) is 39.3 Å². The lowest BCUT2D eigenvalue weighted by Gasteiger charge is -2.27. The number of nitrogens with zero attached hydrogens (tertiary/aromatic N) is 1. The summed E-state index contributed by atoms with van der Waals surface area (Å²) in [6, 6.07) is 0. The molecule has 2 fully saturated rings. The van der Waals surface area contributed by atoms with Crippen molar-refractivity contribution in [3.63, 3.8) is 0 Å². The van der Waals surface area contributed by atoms with Crippen LogP contribution < -0.4 is 10.6 Å². The summed E-state index contributed by atoms with van der Waals surface area (Å²) in [7, 11) is 0. The van der Waals surface area contributed by atoms with E-state index in [1.807, 2.05) is 6.92 Å². The van der Waals surface area contributed by atoms with Crippen LogP contribution >= 0.6 is 12.4 Å². The van der Waals surface area contributed by atoms with Gasteiger partial charge in [-0.15, -0.1) is 12.4 Å². The molecular weight excluding hydrogens is 302 g/mol. The maximum atomic E-state index is 12.1. The number of hydrogen-bond acceptors (Lipinski definition) is 4. The molecule has 0 aromatic carbocycles. The summed E-state index contributed by atoms with van der Waals surface area (Å²) in [6.07, 6.45) is 7.27. The molecule has 0 radical (unpaired) electrons. The number of carbonyl (C=O) groups excluding carboxylic acids is 1. The minimum absolute atomic E-state index is 0. The fourth-order valence-electron chi connectivity index (χ4n) is 3.14. The monoisotopic (exact) mass is 333 g/mol. The molecule has 1 amide bonds. The summed E-state index contributed by atoms with van der Waals surface area (Å²) in [6.45, 7) is 7.78. The number of rotatable bonds is 6. The van der Waals surface area contributed by atoms with Gasteiger partial charge in [0.1, 0.15) is 6.10 Å². The second-order valence-electron chi connectivity index (χ2n) is 6.27. The molecule has 0 aromatic rings. The number of carbonyl (C=O) groups is 1. The molecule has 130 valence electrons. The largest absolute Gasteiger partial charge is 0.365 e. The van der Waals surface area contributed by atoms with E-state index in [1.165, 1.54) is 25.7 Å². The second kappa shape index (κ2) is 11.2. The predicted molar refractivity (Wildman–Crippen MR) is 91.6 cm³/mol. The SMILES string of the molecule is CC(OC1CCCCCC1)C(=O)NCCN1CCNCC1.Cl. The molecule has 6 heteroatoms. The van der Waals surface area contributed by atoms with Gasteiger partial charge >= 0.3 is 0 Å². The van der Waals surface area contributed by atoms with Crippen molar-refractivity contribution in [3.05, 3.63) is 0 Å². The molecule has 2 N–H and O–H groups in total. The first-order chi connectivity index (χ1) is 10.3.